The Bertz CT molecular complexity index is 974. The van der Waals surface area contributed by atoms with Gasteiger partial charge in [-0.15, -0.1) is 0 Å². The number of methoxy groups -OCH3 is 1. The van der Waals surface area contributed by atoms with Gasteiger partial charge in [0.1, 0.15) is 5.82 Å². The van der Waals surface area contributed by atoms with Crippen molar-refractivity contribution in [2.45, 2.75) is 13.1 Å². The summed E-state index contributed by atoms with van der Waals surface area (Å²) in [5, 5.41) is 1.02. The van der Waals surface area contributed by atoms with Crippen LogP contribution >= 0.6 is 11.6 Å². The molecule has 0 saturated heterocycles. The van der Waals surface area contributed by atoms with E-state index in [-0.39, 0.29) is 11.3 Å². The molecule has 1 aromatic heterocycles. The minimum absolute atomic E-state index is 0.208. The van der Waals surface area contributed by atoms with Gasteiger partial charge in [0.05, 0.1) is 24.6 Å². The fourth-order valence-corrected chi connectivity index (χ4v) is 2.83. The number of hydrogen-bond donors (Lipinski definition) is 1. The fourth-order valence-electron chi connectivity index (χ4n) is 2.67. The number of benzene rings is 2. The van der Waals surface area contributed by atoms with Gasteiger partial charge in [-0.05, 0) is 42.9 Å². The highest BCUT2D eigenvalue weighted by molar-refractivity contribution is 6.31. The molecule has 3 aromatic rings. The van der Waals surface area contributed by atoms with Crippen LogP contribution in [0.3, 0.4) is 0 Å². The zero-order valence-corrected chi connectivity index (χ0v) is 14.6. The van der Waals surface area contributed by atoms with Crippen molar-refractivity contribution in [3.05, 3.63) is 69.0 Å². The molecular weight excluding hydrogens is 345 g/mol. The van der Waals surface area contributed by atoms with Gasteiger partial charge < -0.3 is 9.72 Å². The highest BCUT2D eigenvalue weighted by Gasteiger charge is 2.09. The standard InChI is InChI=1S/C18H17ClFN3O2/c1-23(9-11-3-6-16(25-2)14(20)7-11)10-17-21-15-8-12(19)4-5-13(15)18(24)22-17/h3-8H,9-10H2,1-2H3,(H,21,22,24). The van der Waals surface area contributed by atoms with Gasteiger partial charge in [0.15, 0.2) is 11.6 Å². The van der Waals surface area contributed by atoms with Crippen molar-refractivity contribution in [1.29, 1.82) is 0 Å². The second-order valence-corrected chi connectivity index (χ2v) is 6.25. The predicted molar refractivity (Wildman–Crippen MR) is 95.5 cm³/mol. The van der Waals surface area contributed by atoms with E-state index in [1.165, 1.54) is 13.2 Å². The summed E-state index contributed by atoms with van der Waals surface area (Å²) in [6.07, 6.45) is 0. The molecule has 1 N–H and O–H groups in total. The van der Waals surface area contributed by atoms with E-state index in [1.54, 1.807) is 30.3 Å². The fraction of sp³-hybridized carbons (Fsp3) is 0.222. The lowest BCUT2D eigenvalue weighted by Gasteiger charge is -2.16. The van der Waals surface area contributed by atoms with Crippen LogP contribution in [0, 0.1) is 5.82 Å². The highest BCUT2D eigenvalue weighted by Crippen LogP contribution is 2.19. The van der Waals surface area contributed by atoms with E-state index in [2.05, 4.69) is 9.97 Å². The van der Waals surface area contributed by atoms with Crippen molar-refractivity contribution in [2.75, 3.05) is 14.2 Å². The van der Waals surface area contributed by atoms with E-state index in [1.807, 2.05) is 11.9 Å². The first kappa shape index (κ1) is 17.4. The largest absolute Gasteiger partial charge is 0.494 e. The summed E-state index contributed by atoms with van der Waals surface area (Å²) in [5.74, 6) is 0.334. The molecule has 7 heteroatoms. The number of hydrogen-bond acceptors (Lipinski definition) is 4. The number of H-pyrrole nitrogens is 1. The molecule has 0 fully saturated rings. The molecular formula is C18H17ClFN3O2. The van der Waals surface area contributed by atoms with Gasteiger partial charge in [-0.1, -0.05) is 17.7 Å². The van der Waals surface area contributed by atoms with Gasteiger partial charge in [-0.2, -0.15) is 0 Å². The number of halogens is 2. The minimum Gasteiger partial charge on any atom is -0.494 e. The Kier molecular flexibility index (Phi) is 5.01. The third kappa shape index (κ3) is 3.97. The smallest absolute Gasteiger partial charge is 0.258 e. The summed E-state index contributed by atoms with van der Waals surface area (Å²) in [5.41, 5.74) is 1.14. The molecule has 0 bridgehead atoms. The van der Waals surface area contributed by atoms with Crippen LogP contribution < -0.4 is 10.3 Å². The first-order chi connectivity index (χ1) is 12.0. The van der Waals surface area contributed by atoms with Crippen LogP contribution in [0.15, 0.2) is 41.2 Å². The Hall–Kier alpha value is -2.44. The zero-order valence-electron chi connectivity index (χ0n) is 13.8. The Morgan fingerprint density at radius 1 is 1.24 bits per heavy atom. The van der Waals surface area contributed by atoms with Gasteiger partial charge >= 0.3 is 0 Å². The molecule has 3 rings (SSSR count). The Balaban J connectivity index is 1.78. The van der Waals surface area contributed by atoms with Crippen molar-refractivity contribution in [1.82, 2.24) is 14.9 Å². The quantitative estimate of drug-likeness (QED) is 0.757. The SMILES string of the molecule is COc1ccc(CN(C)Cc2nc3cc(Cl)ccc3c(=O)[nH]2)cc1F. The predicted octanol–water partition coefficient (Wildman–Crippen LogP) is 3.36. The second-order valence-electron chi connectivity index (χ2n) is 5.82. The molecule has 0 amide bonds. The molecule has 0 aliphatic heterocycles. The van der Waals surface area contributed by atoms with Crippen molar-refractivity contribution < 1.29 is 9.13 Å². The third-order valence-electron chi connectivity index (χ3n) is 3.81. The van der Waals surface area contributed by atoms with Crippen molar-refractivity contribution in [3.8, 4) is 5.75 Å². The first-order valence-electron chi connectivity index (χ1n) is 7.65. The van der Waals surface area contributed by atoms with E-state index in [0.29, 0.717) is 34.8 Å². The topological polar surface area (TPSA) is 58.2 Å². The number of fused-ring (bicyclic) bond motifs is 1. The van der Waals surface area contributed by atoms with E-state index in [4.69, 9.17) is 16.3 Å². The average molecular weight is 362 g/mol. The zero-order chi connectivity index (χ0) is 18.0. The van der Waals surface area contributed by atoms with E-state index in [0.717, 1.165) is 5.56 Å². The number of aromatic amines is 1. The average Bonchev–Trinajstić information content (AvgIpc) is 2.54. The van der Waals surface area contributed by atoms with Crippen LogP contribution in [0.4, 0.5) is 4.39 Å². The molecule has 25 heavy (non-hydrogen) atoms. The Labute approximate surface area is 149 Å². The van der Waals surface area contributed by atoms with Gasteiger partial charge in [-0.25, -0.2) is 9.37 Å². The molecule has 1 heterocycles. The number of aromatic nitrogens is 2. The summed E-state index contributed by atoms with van der Waals surface area (Å²) < 4.78 is 18.7. The van der Waals surface area contributed by atoms with Crippen LogP contribution in [0.5, 0.6) is 5.75 Å². The lowest BCUT2D eigenvalue weighted by molar-refractivity contribution is 0.309. The third-order valence-corrected chi connectivity index (χ3v) is 4.04. The van der Waals surface area contributed by atoms with Crippen molar-refractivity contribution in [2.24, 2.45) is 0 Å². The summed E-state index contributed by atoms with van der Waals surface area (Å²) in [7, 11) is 3.29. The molecule has 0 spiro atoms. The van der Waals surface area contributed by atoms with Crippen LogP contribution in [0.2, 0.25) is 5.02 Å². The van der Waals surface area contributed by atoms with Gasteiger partial charge in [0.25, 0.3) is 5.56 Å². The molecule has 0 saturated carbocycles. The lowest BCUT2D eigenvalue weighted by Crippen LogP contribution is -2.22. The molecule has 0 aliphatic rings. The van der Waals surface area contributed by atoms with Gasteiger partial charge in [0, 0.05) is 11.6 Å². The van der Waals surface area contributed by atoms with Crippen molar-refractivity contribution >= 4 is 22.5 Å². The number of rotatable bonds is 5. The van der Waals surface area contributed by atoms with Crippen LogP contribution in [-0.2, 0) is 13.1 Å². The molecule has 0 aliphatic carbocycles. The maximum atomic E-state index is 13.8. The molecule has 0 atom stereocenters. The minimum atomic E-state index is -0.403. The monoisotopic (exact) mass is 361 g/mol. The van der Waals surface area contributed by atoms with Gasteiger partial charge in [0.2, 0.25) is 0 Å². The Morgan fingerprint density at radius 2 is 2.04 bits per heavy atom. The molecule has 0 radical (unpaired) electrons. The summed E-state index contributed by atoms with van der Waals surface area (Å²) in [4.78, 5) is 21.3. The highest BCUT2D eigenvalue weighted by atomic mass is 35.5. The summed E-state index contributed by atoms with van der Waals surface area (Å²) in [6, 6.07) is 9.80. The molecule has 2 aromatic carbocycles. The molecule has 5 nitrogen and oxygen atoms in total. The lowest BCUT2D eigenvalue weighted by atomic mass is 10.2. The summed E-state index contributed by atoms with van der Waals surface area (Å²) >= 11 is 5.97. The van der Waals surface area contributed by atoms with E-state index in [9.17, 15) is 9.18 Å². The number of nitrogens with one attached hydrogen (secondary N) is 1. The van der Waals surface area contributed by atoms with Crippen molar-refractivity contribution in [3.63, 3.8) is 0 Å². The maximum absolute atomic E-state index is 13.8. The summed E-state index contributed by atoms with van der Waals surface area (Å²) in [6.45, 7) is 0.906. The number of ether oxygens (including phenoxy) is 1. The van der Waals surface area contributed by atoms with Crippen LogP contribution in [0.25, 0.3) is 10.9 Å². The van der Waals surface area contributed by atoms with Crippen LogP contribution in [0.1, 0.15) is 11.4 Å². The molecule has 130 valence electrons. The van der Waals surface area contributed by atoms with Gasteiger partial charge in [-0.3, -0.25) is 9.69 Å². The molecule has 0 unspecified atom stereocenters. The van der Waals surface area contributed by atoms with E-state index < -0.39 is 5.82 Å². The normalized spacial score (nSPS) is 11.2. The van der Waals surface area contributed by atoms with E-state index >= 15 is 0 Å². The maximum Gasteiger partial charge on any atom is 0.258 e. The second kappa shape index (κ2) is 7.21. The number of nitrogens with zero attached hydrogens (tertiary/aromatic N) is 2. The first-order valence-corrected chi connectivity index (χ1v) is 8.03. The Morgan fingerprint density at radius 3 is 2.76 bits per heavy atom. The van der Waals surface area contributed by atoms with Crippen LogP contribution in [-0.4, -0.2) is 29.0 Å².